The number of hydrogen-bond donors (Lipinski definition) is 1. The van der Waals surface area contributed by atoms with Gasteiger partial charge in [-0.25, -0.2) is 0 Å². The van der Waals surface area contributed by atoms with Gasteiger partial charge in [0.05, 0.1) is 0 Å². The Bertz CT molecular complexity index is 741. The maximum absolute atomic E-state index is 12.5. The van der Waals surface area contributed by atoms with Gasteiger partial charge in [0.1, 0.15) is 0 Å². The smallest absolute Gasteiger partial charge is 0.196 e. The molecule has 0 aliphatic carbocycles. The van der Waals surface area contributed by atoms with Crippen LogP contribution in [0.15, 0.2) is 39.6 Å². The zero-order chi connectivity index (χ0) is 12.7. The highest BCUT2D eigenvalue weighted by Gasteiger charge is 2.16. The molecule has 0 saturated carbocycles. The van der Waals surface area contributed by atoms with E-state index in [4.69, 9.17) is 0 Å². The van der Waals surface area contributed by atoms with Crippen LogP contribution in [0.25, 0.3) is 10.9 Å². The molecule has 2 heterocycles. The van der Waals surface area contributed by atoms with Crippen LogP contribution in [-0.4, -0.2) is 10.8 Å². The van der Waals surface area contributed by atoms with Gasteiger partial charge in [0.2, 0.25) is 0 Å². The van der Waals surface area contributed by atoms with Crippen molar-refractivity contribution in [2.24, 2.45) is 0 Å². The van der Waals surface area contributed by atoms with Gasteiger partial charge in [-0.15, -0.1) is 0 Å². The lowest BCUT2D eigenvalue weighted by molar-refractivity contribution is 0.104. The minimum atomic E-state index is 0.0855. The number of carbonyl (C=O) groups excluding carboxylic acids is 1. The average molecular weight is 320 g/mol. The highest BCUT2D eigenvalue weighted by molar-refractivity contribution is 9.10. The predicted octanol–water partition coefficient (Wildman–Crippen LogP) is 4.53. The number of thiophene rings is 1. The van der Waals surface area contributed by atoms with E-state index in [0.717, 1.165) is 32.1 Å². The lowest BCUT2D eigenvalue weighted by atomic mass is 10.0. The summed E-state index contributed by atoms with van der Waals surface area (Å²) in [6.45, 7) is 1.97. The summed E-state index contributed by atoms with van der Waals surface area (Å²) < 4.78 is 1.00. The van der Waals surface area contributed by atoms with E-state index in [-0.39, 0.29) is 5.78 Å². The number of aryl methyl sites for hydroxylation is 1. The van der Waals surface area contributed by atoms with Crippen molar-refractivity contribution in [3.05, 3.63) is 56.3 Å². The van der Waals surface area contributed by atoms with E-state index in [1.165, 1.54) is 0 Å². The number of ketones is 1. The molecule has 0 spiro atoms. The van der Waals surface area contributed by atoms with Crippen molar-refractivity contribution in [2.75, 3.05) is 0 Å². The molecular formula is C14H10BrNOS. The quantitative estimate of drug-likeness (QED) is 0.691. The highest BCUT2D eigenvalue weighted by atomic mass is 79.9. The Balaban J connectivity index is 2.16. The van der Waals surface area contributed by atoms with E-state index in [1.807, 2.05) is 35.9 Å². The van der Waals surface area contributed by atoms with Crippen LogP contribution in [0.2, 0.25) is 0 Å². The van der Waals surface area contributed by atoms with Crippen LogP contribution in [-0.2, 0) is 0 Å². The van der Waals surface area contributed by atoms with Crippen molar-refractivity contribution in [1.29, 1.82) is 0 Å². The van der Waals surface area contributed by atoms with Crippen LogP contribution in [0.4, 0.5) is 0 Å². The normalized spacial score (nSPS) is 11.0. The van der Waals surface area contributed by atoms with E-state index in [9.17, 15) is 4.79 Å². The van der Waals surface area contributed by atoms with Gasteiger partial charge in [-0.1, -0.05) is 22.0 Å². The fraction of sp³-hybridized carbons (Fsp3) is 0.0714. The largest absolute Gasteiger partial charge is 0.360 e. The van der Waals surface area contributed by atoms with E-state index in [1.54, 1.807) is 17.5 Å². The van der Waals surface area contributed by atoms with E-state index >= 15 is 0 Å². The first-order valence-corrected chi connectivity index (χ1v) is 7.24. The van der Waals surface area contributed by atoms with Gasteiger partial charge in [-0.05, 0) is 30.0 Å². The second-order valence-electron chi connectivity index (χ2n) is 4.19. The minimum absolute atomic E-state index is 0.0855. The predicted molar refractivity (Wildman–Crippen MR) is 78.5 cm³/mol. The van der Waals surface area contributed by atoms with E-state index in [0.29, 0.717) is 0 Å². The van der Waals surface area contributed by atoms with Crippen LogP contribution in [0.5, 0.6) is 0 Å². The maximum Gasteiger partial charge on any atom is 0.196 e. The van der Waals surface area contributed by atoms with Crippen LogP contribution in [0.3, 0.4) is 0 Å². The number of aromatic nitrogens is 1. The molecule has 2 nitrogen and oxygen atoms in total. The van der Waals surface area contributed by atoms with Crippen LogP contribution in [0.1, 0.15) is 21.5 Å². The van der Waals surface area contributed by atoms with Crippen molar-refractivity contribution in [2.45, 2.75) is 6.92 Å². The number of aromatic amines is 1. The Morgan fingerprint density at radius 1 is 1.28 bits per heavy atom. The summed E-state index contributed by atoms with van der Waals surface area (Å²) in [7, 11) is 0. The molecule has 0 amide bonds. The summed E-state index contributed by atoms with van der Waals surface area (Å²) in [5, 5.41) is 4.88. The summed E-state index contributed by atoms with van der Waals surface area (Å²) in [5.41, 5.74) is 3.54. The number of fused-ring (bicyclic) bond motifs is 1. The fourth-order valence-electron chi connectivity index (χ4n) is 2.02. The number of hydrogen-bond acceptors (Lipinski definition) is 2. The van der Waals surface area contributed by atoms with Gasteiger partial charge in [0, 0.05) is 38.1 Å². The van der Waals surface area contributed by atoms with Crippen LogP contribution in [0, 0.1) is 6.92 Å². The second-order valence-corrected chi connectivity index (χ2v) is 5.85. The minimum Gasteiger partial charge on any atom is -0.360 e. The topological polar surface area (TPSA) is 32.9 Å². The molecule has 0 aliphatic heterocycles. The van der Waals surface area contributed by atoms with Gasteiger partial charge in [0.25, 0.3) is 0 Å². The molecular weight excluding hydrogens is 310 g/mol. The Kier molecular flexibility index (Phi) is 2.84. The van der Waals surface area contributed by atoms with Crippen LogP contribution < -0.4 is 0 Å². The third-order valence-corrected chi connectivity index (χ3v) is 4.34. The standard InChI is InChI=1S/C14H10BrNOS/c1-8-6-18-7-12(8)14(17)11-5-16-13-4-9(15)2-3-10(11)13/h2-7,16H,1H3. The number of rotatable bonds is 2. The molecule has 4 heteroatoms. The molecule has 1 N–H and O–H groups in total. The van der Waals surface area contributed by atoms with Crippen molar-refractivity contribution in [1.82, 2.24) is 4.98 Å². The molecule has 2 aromatic heterocycles. The zero-order valence-electron chi connectivity index (χ0n) is 9.66. The van der Waals surface area contributed by atoms with Gasteiger partial charge < -0.3 is 4.98 Å². The molecule has 1 aromatic carbocycles. The highest BCUT2D eigenvalue weighted by Crippen LogP contribution is 2.26. The molecule has 3 aromatic rings. The summed E-state index contributed by atoms with van der Waals surface area (Å²) in [4.78, 5) is 15.6. The third kappa shape index (κ3) is 1.82. The van der Waals surface area contributed by atoms with Gasteiger partial charge >= 0.3 is 0 Å². The average Bonchev–Trinajstić information content (AvgIpc) is 2.94. The maximum atomic E-state index is 12.5. The van der Waals surface area contributed by atoms with Crippen LogP contribution >= 0.6 is 27.3 Å². The number of carbonyl (C=O) groups is 1. The number of nitrogens with one attached hydrogen (secondary N) is 1. The van der Waals surface area contributed by atoms with Crippen molar-refractivity contribution < 1.29 is 4.79 Å². The van der Waals surface area contributed by atoms with Crippen molar-refractivity contribution in [3.63, 3.8) is 0 Å². The molecule has 18 heavy (non-hydrogen) atoms. The monoisotopic (exact) mass is 319 g/mol. The Hall–Kier alpha value is -1.39. The SMILES string of the molecule is Cc1cscc1C(=O)c1c[nH]c2cc(Br)ccc12. The summed E-state index contributed by atoms with van der Waals surface area (Å²) in [6.07, 6.45) is 1.79. The van der Waals surface area contributed by atoms with E-state index in [2.05, 4.69) is 20.9 Å². The molecule has 3 rings (SSSR count). The lowest BCUT2D eigenvalue weighted by Gasteiger charge is -1.99. The second kappa shape index (κ2) is 4.37. The first-order chi connectivity index (χ1) is 8.66. The van der Waals surface area contributed by atoms with Gasteiger partial charge in [0.15, 0.2) is 5.78 Å². The lowest BCUT2D eigenvalue weighted by Crippen LogP contribution is -2.00. The Morgan fingerprint density at radius 2 is 2.11 bits per heavy atom. The molecule has 0 atom stereocenters. The number of benzene rings is 1. The summed E-state index contributed by atoms with van der Waals surface area (Å²) in [6, 6.07) is 5.89. The molecule has 0 fully saturated rings. The van der Waals surface area contributed by atoms with Crippen molar-refractivity contribution in [3.8, 4) is 0 Å². The third-order valence-electron chi connectivity index (χ3n) is 2.99. The number of halogens is 1. The molecule has 0 saturated heterocycles. The summed E-state index contributed by atoms with van der Waals surface area (Å²) in [5.74, 6) is 0.0855. The zero-order valence-corrected chi connectivity index (χ0v) is 12.1. The summed E-state index contributed by atoms with van der Waals surface area (Å²) >= 11 is 4.99. The first kappa shape index (κ1) is 11.7. The number of H-pyrrole nitrogens is 1. The van der Waals surface area contributed by atoms with Crippen molar-refractivity contribution >= 4 is 44.0 Å². The van der Waals surface area contributed by atoms with Gasteiger partial charge in [-0.2, -0.15) is 11.3 Å². The van der Waals surface area contributed by atoms with Gasteiger partial charge in [-0.3, -0.25) is 4.79 Å². The molecule has 0 radical (unpaired) electrons. The first-order valence-electron chi connectivity index (χ1n) is 5.51. The molecule has 0 bridgehead atoms. The van der Waals surface area contributed by atoms with E-state index < -0.39 is 0 Å². The Labute approximate surface area is 117 Å². The molecule has 90 valence electrons. The fourth-order valence-corrected chi connectivity index (χ4v) is 3.21. The molecule has 0 unspecified atom stereocenters. The molecule has 0 aliphatic rings. The Morgan fingerprint density at radius 3 is 2.83 bits per heavy atom.